The monoisotopic (exact) mass is 430 g/mol. The van der Waals surface area contributed by atoms with Crippen molar-refractivity contribution in [1.82, 2.24) is 29.8 Å². The van der Waals surface area contributed by atoms with Crippen molar-refractivity contribution in [3.63, 3.8) is 0 Å². The zero-order valence-corrected chi connectivity index (χ0v) is 19.0. The second-order valence-corrected chi connectivity index (χ2v) is 8.27. The molecular formula is C25H30N6O. The minimum Gasteiger partial charge on any atom is -0.299 e. The lowest BCUT2D eigenvalue weighted by molar-refractivity contribution is 0.587. The maximum Gasteiger partial charge on any atom is 0.328 e. The number of aryl methyl sites for hydroxylation is 1. The Morgan fingerprint density at radius 3 is 2.44 bits per heavy atom. The molecule has 0 saturated carbocycles. The van der Waals surface area contributed by atoms with Crippen molar-refractivity contribution in [2.75, 3.05) is 0 Å². The van der Waals surface area contributed by atoms with Gasteiger partial charge in [-0.15, -0.1) is 5.10 Å². The van der Waals surface area contributed by atoms with Gasteiger partial charge in [-0.05, 0) is 45.9 Å². The highest BCUT2D eigenvalue weighted by Crippen LogP contribution is 2.30. The van der Waals surface area contributed by atoms with Gasteiger partial charge in [-0.3, -0.25) is 9.13 Å². The summed E-state index contributed by atoms with van der Waals surface area (Å²) in [5, 5.41) is 14.3. The van der Waals surface area contributed by atoms with E-state index in [0.717, 1.165) is 53.8 Å². The van der Waals surface area contributed by atoms with E-state index < -0.39 is 0 Å². The molecule has 1 N–H and O–H groups in total. The Kier molecular flexibility index (Phi) is 6.63. The molecule has 1 atom stereocenters. The standard InChI is InChI=1S/C25H30N6O/c1-4-6-15-30-17-23(18(3)5-2)31(25(30)32)16-19-11-13-20(14-12-19)21-9-7-8-10-22(21)24-26-28-29-27-24/h7-14,17-18H,4-6,15-16H2,1-3H3,(H,26,27,28,29). The quantitative estimate of drug-likeness (QED) is 0.411. The largest absolute Gasteiger partial charge is 0.328 e. The number of aromatic nitrogens is 6. The van der Waals surface area contributed by atoms with Gasteiger partial charge in [0, 0.05) is 24.0 Å². The number of hydrogen-bond acceptors (Lipinski definition) is 4. The van der Waals surface area contributed by atoms with Crippen molar-refractivity contribution in [2.45, 2.75) is 59.0 Å². The van der Waals surface area contributed by atoms with Crippen LogP contribution in [0.1, 0.15) is 57.2 Å². The maximum atomic E-state index is 13.1. The molecule has 0 saturated heterocycles. The molecular weight excluding hydrogens is 400 g/mol. The number of hydrogen-bond donors (Lipinski definition) is 1. The van der Waals surface area contributed by atoms with Crippen molar-refractivity contribution < 1.29 is 0 Å². The zero-order chi connectivity index (χ0) is 22.5. The lowest BCUT2D eigenvalue weighted by Gasteiger charge is -2.13. The molecule has 4 aromatic rings. The molecule has 0 aliphatic heterocycles. The number of rotatable bonds is 9. The fraction of sp³-hybridized carbons (Fsp3) is 0.360. The van der Waals surface area contributed by atoms with E-state index in [-0.39, 0.29) is 5.69 Å². The summed E-state index contributed by atoms with van der Waals surface area (Å²) < 4.78 is 3.81. The fourth-order valence-corrected chi connectivity index (χ4v) is 3.99. The second kappa shape index (κ2) is 9.77. The van der Waals surface area contributed by atoms with Crippen molar-refractivity contribution in [2.24, 2.45) is 0 Å². The Labute approximate surface area is 188 Å². The number of H-pyrrole nitrogens is 1. The highest BCUT2D eigenvalue weighted by molar-refractivity contribution is 5.80. The molecule has 1 unspecified atom stereocenters. The molecule has 2 heterocycles. The zero-order valence-electron chi connectivity index (χ0n) is 19.0. The molecule has 0 aliphatic rings. The minimum absolute atomic E-state index is 0.0843. The van der Waals surface area contributed by atoms with Gasteiger partial charge in [0.05, 0.1) is 6.54 Å². The Balaban J connectivity index is 1.63. The van der Waals surface area contributed by atoms with E-state index in [1.54, 1.807) is 0 Å². The summed E-state index contributed by atoms with van der Waals surface area (Å²) in [5.74, 6) is 0.982. The molecule has 0 bridgehead atoms. The first-order valence-electron chi connectivity index (χ1n) is 11.3. The van der Waals surface area contributed by atoms with E-state index in [1.165, 1.54) is 0 Å². The van der Waals surface area contributed by atoms with Gasteiger partial charge in [0.15, 0.2) is 5.82 Å². The Bertz CT molecular complexity index is 1200. The summed E-state index contributed by atoms with van der Waals surface area (Å²) in [4.78, 5) is 13.1. The second-order valence-electron chi connectivity index (χ2n) is 8.27. The van der Waals surface area contributed by atoms with E-state index >= 15 is 0 Å². The van der Waals surface area contributed by atoms with Gasteiger partial charge in [0.2, 0.25) is 0 Å². The van der Waals surface area contributed by atoms with Crippen molar-refractivity contribution in [3.8, 4) is 22.5 Å². The number of nitrogens with one attached hydrogen (secondary N) is 1. The van der Waals surface area contributed by atoms with Crippen LogP contribution >= 0.6 is 0 Å². The first-order chi connectivity index (χ1) is 15.6. The van der Waals surface area contributed by atoms with Crippen LogP contribution in [0.3, 0.4) is 0 Å². The predicted molar refractivity (Wildman–Crippen MR) is 126 cm³/mol. The van der Waals surface area contributed by atoms with E-state index in [9.17, 15) is 4.79 Å². The summed E-state index contributed by atoms with van der Waals surface area (Å²) in [6.07, 6.45) is 5.15. The van der Waals surface area contributed by atoms with Gasteiger partial charge >= 0.3 is 5.69 Å². The maximum absolute atomic E-state index is 13.1. The van der Waals surface area contributed by atoms with Crippen LogP contribution < -0.4 is 5.69 Å². The van der Waals surface area contributed by atoms with Gasteiger partial charge in [-0.25, -0.2) is 9.89 Å². The van der Waals surface area contributed by atoms with Gasteiger partial charge in [0.1, 0.15) is 0 Å². The third kappa shape index (κ3) is 4.42. The summed E-state index contributed by atoms with van der Waals surface area (Å²) in [7, 11) is 0. The third-order valence-electron chi connectivity index (χ3n) is 6.08. The predicted octanol–water partition coefficient (Wildman–Crippen LogP) is 4.86. The minimum atomic E-state index is 0.0843. The van der Waals surface area contributed by atoms with Crippen LogP contribution in [0.2, 0.25) is 0 Å². The average molecular weight is 431 g/mol. The Morgan fingerprint density at radius 1 is 1.03 bits per heavy atom. The van der Waals surface area contributed by atoms with Crippen LogP contribution in [-0.2, 0) is 13.1 Å². The summed E-state index contributed by atoms with van der Waals surface area (Å²) in [6.45, 7) is 7.85. The van der Waals surface area contributed by atoms with Gasteiger partial charge in [0.25, 0.3) is 0 Å². The molecule has 2 aromatic heterocycles. The third-order valence-corrected chi connectivity index (χ3v) is 6.08. The topological polar surface area (TPSA) is 81.4 Å². The lowest BCUT2D eigenvalue weighted by atomic mass is 9.98. The van der Waals surface area contributed by atoms with Crippen LogP contribution in [0.15, 0.2) is 59.5 Å². The molecule has 166 valence electrons. The molecule has 7 nitrogen and oxygen atoms in total. The van der Waals surface area contributed by atoms with Gasteiger partial charge in [-0.1, -0.05) is 75.7 Å². The first kappa shape index (κ1) is 21.7. The molecule has 7 heteroatoms. The van der Waals surface area contributed by atoms with Gasteiger partial charge in [-0.2, -0.15) is 0 Å². The molecule has 0 radical (unpaired) electrons. The number of unbranched alkanes of at least 4 members (excludes halogenated alkanes) is 1. The fourth-order valence-electron chi connectivity index (χ4n) is 3.99. The van der Waals surface area contributed by atoms with Crippen LogP contribution in [0, 0.1) is 0 Å². The number of aromatic amines is 1. The van der Waals surface area contributed by atoms with E-state index in [4.69, 9.17) is 0 Å². The highest BCUT2D eigenvalue weighted by atomic mass is 16.1. The lowest BCUT2D eigenvalue weighted by Crippen LogP contribution is -2.26. The molecule has 32 heavy (non-hydrogen) atoms. The van der Waals surface area contributed by atoms with E-state index in [1.807, 2.05) is 27.3 Å². The van der Waals surface area contributed by atoms with Crippen LogP contribution in [0.25, 0.3) is 22.5 Å². The smallest absolute Gasteiger partial charge is 0.299 e. The normalized spacial score (nSPS) is 12.2. The van der Waals surface area contributed by atoms with Crippen molar-refractivity contribution in [1.29, 1.82) is 0 Å². The van der Waals surface area contributed by atoms with E-state index in [2.05, 4.69) is 77.9 Å². The molecule has 0 amide bonds. The molecule has 0 spiro atoms. The van der Waals surface area contributed by atoms with Crippen molar-refractivity contribution in [3.05, 3.63) is 76.5 Å². The van der Waals surface area contributed by atoms with Crippen LogP contribution in [0.4, 0.5) is 0 Å². The number of tetrazole rings is 1. The molecule has 0 aliphatic carbocycles. The summed E-state index contributed by atoms with van der Waals surface area (Å²) in [5.41, 5.74) is 5.39. The molecule has 2 aromatic carbocycles. The number of nitrogens with zero attached hydrogens (tertiary/aromatic N) is 5. The Morgan fingerprint density at radius 2 is 1.78 bits per heavy atom. The summed E-state index contributed by atoms with van der Waals surface area (Å²) >= 11 is 0. The number of benzene rings is 2. The molecule has 4 rings (SSSR count). The van der Waals surface area contributed by atoms with Crippen molar-refractivity contribution >= 4 is 0 Å². The highest BCUT2D eigenvalue weighted by Gasteiger charge is 2.16. The van der Waals surface area contributed by atoms with E-state index in [0.29, 0.717) is 18.3 Å². The number of imidazole rings is 1. The SMILES string of the molecule is CCCCn1cc(C(C)CC)n(Cc2ccc(-c3ccccc3-c3nnn[nH]3)cc2)c1=O. The van der Waals surface area contributed by atoms with Gasteiger partial charge < -0.3 is 0 Å². The molecule has 0 fully saturated rings. The summed E-state index contributed by atoms with van der Waals surface area (Å²) in [6, 6.07) is 16.4. The average Bonchev–Trinajstić information content (AvgIpc) is 3.47. The van der Waals surface area contributed by atoms with Crippen LogP contribution in [-0.4, -0.2) is 29.8 Å². The first-order valence-corrected chi connectivity index (χ1v) is 11.3. The Hall–Kier alpha value is -3.48. The van der Waals surface area contributed by atoms with Crippen LogP contribution in [0.5, 0.6) is 0 Å².